The van der Waals surface area contributed by atoms with Crippen LogP contribution in [0.5, 0.6) is 0 Å². The summed E-state index contributed by atoms with van der Waals surface area (Å²) in [7, 11) is 0. The van der Waals surface area contributed by atoms with E-state index < -0.39 is 6.10 Å². The lowest BCUT2D eigenvalue weighted by Gasteiger charge is -2.28. The van der Waals surface area contributed by atoms with Crippen molar-refractivity contribution in [2.45, 2.75) is 31.9 Å². The van der Waals surface area contributed by atoms with Crippen molar-refractivity contribution in [3.05, 3.63) is 28.2 Å². The van der Waals surface area contributed by atoms with Crippen LogP contribution in [-0.4, -0.2) is 29.4 Å². The highest BCUT2D eigenvalue weighted by Crippen LogP contribution is 2.33. The van der Waals surface area contributed by atoms with Crippen molar-refractivity contribution in [1.82, 2.24) is 0 Å². The normalized spacial score (nSPS) is 21.9. The molecule has 1 saturated heterocycles. The lowest BCUT2D eigenvalue weighted by atomic mass is 10.1. The van der Waals surface area contributed by atoms with Gasteiger partial charge in [0.15, 0.2) is 0 Å². The van der Waals surface area contributed by atoms with E-state index in [0.29, 0.717) is 0 Å². The Kier molecular flexibility index (Phi) is 4.07. The van der Waals surface area contributed by atoms with Crippen molar-refractivity contribution in [2.75, 3.05) is 18.1 Å². The molecule has 1 fully saturated rings. The van der Waals surface area contributed by atoms with Crippen LogP contribution in [-0.2, 0) is 0 Å². The molecule has 0 aliphatic carbocycles. The molecule has 0 amide bonds. The van der Waals surface area contributed by atoms with Crippen molar-refractivity contribution in [3.63, 3.8) is 0 Å². The Labute approximate surface area is 110 Å². The molecule has 2 rings (SSSR count). The van der Waals surface area contributed by atoms with Crippen LogP contribution < -0.4 is 4.90 Å². The summed E-state index contributed by atoms with van der Waals surface area (Å²) < 4.78 is 0.969. The first-order valence-electron chi connectivity index (χ1n) is 5.98. The third kappa shape index (κ3) is 2.64. The maximum atomic E-state index is 9.84. The smallest absolute Gasteiger partial charge is 0.0782 e. The van der Waals surface area contributed by atoms with Crippen LogP contribution in [0.4, 0.5) is 5.69 Å². The van der Waals surface area contributed by atoms with Crippen molar-refractivity contribution in [3.8, 4) is 0 Å². The lowest BCUT2D eigenvalue weighted by Crippen LogP contribution is -2.32. The van der Waals surface area contributed by atoms with Gasteiger partial charge in [-0.1, -0.05) is 15.9 Å². The molecule has 4 heteroatoms. The zero-order valence-corrected chi connectivity index (χ0v) is 11.5. The van der Waals surface area contributed by atoms with E-state index in [1.807, 2.05) is 18.2 Å². The average Bonchev–Trinajstić information content (AvgIpc) is 2.76. The Morgan fingerprint density at radius 1 is 1.53 bits per heavy atom. The third-order valence-electron chi connectivity index (χ3n) is 3.34. The molecule has 3 nitrogen and oxygen atoms in total. The van der Waals surface area contributed by atoms with Gasteiger partial charge in [0.1, 0.15) is 0 Å². The first-order chi connectivity index (χ1) is 8.13. The average molecular weight is 300 g/mol. The minimum absolute atomic E-state index is 0.176. The largest absolute Gasteiger partial charge is 0.394 e. The van der Waals surface area contributed by atoms with Crippen LogP contribution in [0.15, 0.2) is 22.7 Å². The first kappa shape index (κ1) is 12.9. The Balaban J connectivity index is 2.37. The van der Waals surface area contributed by atoms with Crippen LogP contribution in [0, 0.1) is 0 Å². The van der Waals surface area contributed by atoms with E-state index in [9.17, 15) is 10.2 Å². The number of benzene rings is 1. The fourth-order valence-electron chi connectivity index (χ4n) is 2.46. The van der Waals surface area contributed by atoms with E-state index >= 15 is 0 Å². The molecule has 1 aromatic rings. The first-order valence-corrected chi connectivity index (χ1v) is 6.77. The zero-order valence-electron chi connectivity index (χ0n) is 9.93. The van der Waals surface area contributed by atoms with E-state index in [4.69, 9.17) is 0 Å². The minimum atomic E-state index is -0.498. The van der Waals surface area contributed by atoms with Crippen molar-refractivity contribution in [1.29, 1.82) is 0 Å². The highest BCUT2D eigenvalue weighted by Gasteiger charge is 2.26. The number of rotatable bonds is 3. The lowest BCUT2D eigenvalue weighted by molar-refractivity contribution is 0.199. The monoisotopic (exact) mass is 299 g/mol. The van der Waals surface area contributed by atoms with Crippen molar-refractivity contribution >= 4 is 21.6 Å². The van der Waals surface area contributed by atoms with Crippen molar-refractivity contribution < 1.29 is 10.2 Å². The molecule has 1 aliphatic rings. The number of aliphatic hydroxyl groups excluding tert-OH is 2. The summed E-state index contributed by atoms with van der Waals surface area (Å²) in [6.07, 6.45) is 1.62. The predicted molar refractivity (Wildman–Crippen MR) is 72.2 cm³/mol. The SMILES string of the molecule is CC(O)c1cc(Br)ccc1N1CCCC1CO. The van der Waals surface area contributed by atoms with Gasteiger partial charge in [0.25, 0.3) is 0 Å². The molecule has 17 heavy (non-hydrogen) atoms. The van der Waals surface area contributed by atoms with Gasteiger partial charge >= 0.3 is 0 Å². The zero-order chi connectivity index (χ0) is 12.4. The summed E-state index contributed by atoms with van der Waals surface area (Å²) in [6.45, 7) is 2.90. The second-order valence-corrected chi connectivity index (χ2v) is 5.47. The summed E-state index contributed by atoms with van der Waals surface area (Å²) in [5.74, 6) is 0. The molecule has 0 saturated carbocycles. The van der Waals surface area contributed by atoms with Crippen LogP contribution >= 0.6 is 15.9 Å². The fraction of sp³-hybridized carbons (Fsp3) is 0.538. The van der Waals surface area contributed by atoms with Gasteiger partial charge in [0.05, 0.1) is 18.8 Å². The number of halogens is 1. The molecule has 0 bridgehead atoms. The predicted octanol–water partition coefficient (Wildman–Crippen LogP) is 2.46. The molecular formula is C13H18BrNO2. The number of anilines is 1. The summed E-state index contributed by atoms with van der Waals surface area (Å²) in [4.78, 5) is 2.20. The van der Waals surface area contributed by atoms with Gasteiger partial charge in [-0.05, 0) is 38.0 Å². The van der Waals surface area contributed by atoms with Gasteiger partial charge < -0.3 is 15.1 Å². The molecule has 1 heterocycles. The summed E-state index contributed by atoms with van der Waals surface area (Å²) in [5, 5.41) is 19.2. The molecule has 2 unspecified atom stereocenters. The minimum Gasteiger partial charge on any atom is -0.394 e. The number of hydrogen-bond acceptors (Lipinski definition) is 3. The van der Waals surface area contributed by atoms with Gasteiger partial charge in [-0.25, -0.2) is 0 Å². The van der Waals surface area contributed by atoms with E-state index in [2.05, 4.69) is 20.8 Å². The second-order valence-electron chi connectivity index (χ2n) is 4.55. The van der Waals surface area contributed by atoms with Crippen molar-refractivity contribution in [2.24, 2.45) is 0 Å². The summed E-state index contributed by atoms with van der Waals surface area (Å²) >= 11 is 3.43. The molecule has 0 radical (unpaired) electrons. The maximum Gasteiger partial charge on any atom is 0.0782 e. The van der Waals surface area contributed by atoms with Gasteiger partial charge in [-0.3, -0.25) is 0 Å². The highest BCUT2D eigenvalue weighted by atomic mass is 79.9. The quantitative estimate of drug-likeness (QED) is 0.901. The molecular weight excluding hydrogens is 282 g/mol. The number of nitrogens with zero attached hydrogens (tertiary/aromatic N) is 1. The Morgan fingerprint density at radius 2 is 2.29 bits per heavy atom. The molecule has 1 aromatic carbocycles. The van der Waals surface area contributed by atoms with E-state index in [0.717, 1.165) is 35.1 Å². The Morgan fingerprint density at radius 3 is 2.94 bits per heavy atom. The van der Waals surface area contributed by atoms with Gasteiger partial charge in [-0.15, -0.1) is 0 Å². The summed E-state index contributed by atoms with van der Waals surface area (Å²) in [5.41, 5.74) is 1.96. The second kappa shape index (κ2) is 5.38. The molecule has 94 valence electrons. The Hall–Kier alpha value is -0.580. The van der Waals surface area contributed by atoms with Gasteiger partial charge in [0, 0.05) is 22.3 Å². The van der Waals surface area contributed by atoms with Crippen LogP contribution in [0.3, 0.4) is 0 Å². The van der Waals surface area contributed by atoms with E-state index in [1.165, 1.54) is 0 Å². The van der Waals surface area contributed by atoms with E-state index in [1.54, 1.807) is 6.92 Å². The highest BCUT2D eigenvalue weighted by molar-refractivity contribution is 9.10. The number of hydrogen-bond donors (Lipinski definition) is 2. The maximum absolute atomic E-state index is 9.84. The summed E-state index contributed by atoms with van der Waals surface area (Å²) in [6, 6.07) is 6.13. The standard InChI is InChI=1S/C13H18BrNO2/c1-9(17)12-7-10(14)4-5-13(12)15-6-2-3-11(15)8-16/h4-5,7,9,11,16-17H,2-3,6,8H2,1H3. The van der Waals surface area contributed by atoms with Crippen LogP contribution in [0.25, 0.3) is 0 Å². The van der Waals surface area contributed by atoms with E-state index in [-0.39, 0.29) is 12.6 Å². The number of aliphatic hydroxyl groups is 2. The fourth-order valence-corrected chi connectivity index (χ4v) is 2.84. The Bertz CT molecular complexity index is 395. The van der Waals surface area contributed by atoms with Gasteiger partial charge in [-0.2, -0.15) is 0 Å². The van der Waals surface area contributed by atoms with Crippen LogP contribution in [0.1, 0.15) is 31.4 Å². The van der Waals surface area contributed by atoms with Crippen LogP contribution in [0.2, 0.25) is 0 Å². The molecule has 0 spiro atoms. The third-order valence-corrected chi connectivity index (χ3v) is 3.83. The van der Waals surface area contributed by atoms with Gasteiger partial charge in [0.2, 0.25) is 0 Å². The molecule has 2 N–H and O–H groups in total. The molecule has 2 atom stereocenters. The molecule has 0 aromatic heterocycles. The molecule has 1 aliphatic heterocycles. The topological polar surface area (TPSA) is 43.7 Å².